The van der Waals surface area contributed by atoms with Crippen molar-refractivity contribution >= 4 is 31.6 Å². The van der Waals surface area contributed by atoms with Crippen LogP contribution in [0, 0.1) is 0 Å². The van der Waals surface area contributed by atoms with Gasteiger partial charge in [-0.1, -0.05) is 22.0 Å². The van der Waals surface area contributed by atoms with Gasteiger partial charge in [-0.05, 0) is 42.3 Å². The first kappa shape index (κ1) is 12.6. The summed E-state index contributed by atoms with van der Waals surface area (Å²) in [4.78, 5) is 3.95. The average molecular weight is 339 g/mol. The molecule has 0 atom stereocenters. The van der Waals surface area contributed by atoms with Crippen molar-refractivity contribution in [3.63, 3.8) is 0 Å². The van der Waals surface area contributed by atoms with Gasteiger partial charge in [-0.15, -0.1) is 0 Å². The van der Waals surface area contributed by atoms with Gasteiger partial charge < -0.3 is 0 Å². The molecule has 0 bridgehead atoms. The van der Waals surface area contributed by atoms with Gasteiger partial charge in [0.2, 0.25) is 0 Å². The predicted molar refractivity (Wildman–Crippen MR) is 76.6 cm³/mol. The van der Waals surface area contributed by atoms with Crippen LogP contribution in [0.1, 0.15) is 5.56 Å². The zero-order valence-corrected chi connectivity index (χ0v) is 12.4. The normalized spacial score (nSPS) is 14.5. The molecule has 0 saturated heterocycles. The summed E-state index contributed by atoms with van der Waals surface area (Å²) < 4.78 is 27.5. The zero-order chi connectivity index (χ0) is 13.5. The Morgan fingerprint density at radius 3 is 2.79 bits per heavy atom. The monoisotopic (exact) mass is 338 g/mol. The summed E-state index contributed by atoms with van der Waals surface area (Å²) in [6.45, 7) is 0.463. The van der Waals surface area contributed by atoms with Crippen molar-refractivity contribution in [3.05, 3.63) is 52.6 Å². The second-order valence-corrected chi connectivity index (χ2v) is 6.99. The fourth-order valence-corrected chi connectivity index (χ4v) is 4.05. The Morgan fingerprint density at radius 1 is 1.21 bits per heavy atom. The van der Waals surface area contributed by atoms with Crippen LogP contribution in [0.15, 0.2) is 52.1 Å². The maximum atomic E-state index is 12.5. The van der Waals surface area contributed by atoms with Gasteiger partial charge in [0.1, 0.15) is 0 Å². The van der Waals surface area contributed by atoms with E-state index in [0.717, 1.165) is 22.1 Å². The molecule has 0 amide bonds. The molecule has 1 aliphatic rings. The lowest BCUT2D eigenvalue weighted by Gasteiger charge is -2.18. The van der Waals surface area contributed by atoms with Crippen LogP contribution in [0.2, 0.25) is 0 Å². The van der Waals surface area contributed by atoms with Crippen LogP contribution >= 0.6 is 15.9 Å². The summed E-state index contributed by atoms with van der Waals surface area (Å²) in [7, 11) is -3.56. The maximum absolute atomic E-state index is 12.5. The van der Waals surface area contributed by atoms with Gasteiger partial charge in [0, 0.05) is 17.2 Å². The van der Waals surface area contributed by atoms with Crippen molar-refractivity contribution in [1.82, 2.24) is 4.98 Å². The molecule has 4 nitrogen and oxygen atoms in total. The van der Waals surface area contributed by atoms with Crippen LogP contribution in [-0.2, 0) is 16.4 Å². The van der Waals surface area contributed by atoms with Crippen LogP contribution in [-0.4, -0.2) is 19.9 Å². The van der Waals surface area contributed by atoms with Gasteiger partial charge >= 0.3 is 0 Å². The van der Waals surface area contributed by atoms with E-state index in [2.05, 4.69) is 20.9 Å². The van der Waals surface area contributed by atoms with Crippen molar-refractivity contribution in [2.75, 3.05) is 10.8 Å². The number of rotatable bonds is 2. The summed E-state index contributed by atoms with van der Waals surface area (Å²) >= 11 is 3.40. The van der Waals surface area contributed by atoms with Gasteiger partial charge in [0.25, 0.3) is 10.0 Å². The molecule has 0 radical (unpaired) electrons. The molecule has 0 N–H and O–H groups in total. The lowest BCUT2D eigenvalue weighted by molar-refractivity contribution is 0.588. The molecular formula is C13H11BrN2O2S. The summed E-state index contributed by atoms with van der Waals surface area (Å²) in [5, 5.41) is 0.0887. The summed E-state index contributed by atoms with van der Waals surface area (Å²) in [5.41, 5.74) is 1.78. The third-order valence-electron chi connectivity index (χ3n) is 3.09. The third kappa shape index (κ3) is 2.15. The molecule has 0 fully saturated rings. The first-order valence-corrected chi connectivity index (χ1v) is 8.04. The molecule has 1 aromatic carbocycles. The van der Waals surface area contributed by atoms with E-state index in [1.807, 2.05) is 18.2 Å². The number of hydrogen-bond donors (Lipinski definition) is 0. The maximum Gasteiger partial charge on any atom is 0.281 e. The number of benzene rings is 1. The quantitative estimate of drug-likeness (QED) is 0.845. The highest BCUT2D eigenvalue weighted by atomic mass is 79.9. The number of pyridine rings is 1. The van der Waals surface area contributed by atoms with E-state index in [4.69, 9.17) is 0 Å². The summed E-state index contributed by atoms with van der Waals surface area (Å²) in [6.07, 6.45) is 2.21. The van der Waals surface area contributed by atoms with E-state index in [9.17, 15) is 8.42 Å². The van der Waals surface area contributed by atoms with E-state index in [1.165, 1.54) is 16.6 Å². The number of nitrogens with zero attached hydrogens (tertiary/aromatic N) is 2. The minimum atomic E-state index is -3.56. The fraction of sp³-hybridized carbons (Fsp3) is 0.154. The predicted octanol–water partition coefficient (Wildman–Crippen LogP) is 2.60. The van der Waals surface area contributed by atoms with Crippen LogP contribution in [0.4, 0.5) is 5.69 Å². The topological polar surface area (TPSA) is 50.3 Å². The molecule has 98 valence electrons. The standard InChI is InChI=1S/C13H11BrN2O2S/c14-11-4-5-12-10(9-11)6-8-16(12)19(17,18)13-3-1-2-7-15-13/h1-5,7,9H,6,8H2. The summed E-state index contributed by atoms with van der Waals surface area (Å²) in [6, 6.07) is 10.5. The van der Waals surface area contributed by atoms with Crippen molar-refractivity contribution in [3.8, 4) is 0 Å². The number of anilines is 1. The molecule has 0 unspecified atom stereocenters. The van der Waals surface area contributed by atoms with Crippen LogP contribution < -0.4 is 4.31 Å². The Balaban J connectivity index is 2.07. The first-order chi connectivity index (χ1) is 9.09. The van der Waals surface area contributed by atoms with E-state index >= 15 is 0 Å². The van der Waals surface area contributed by atoms with E-state index < -0.39 is 10.0 Å². The van der Waals surface area contributed by atoms with Gasteiger partial charge in [0.05, 0.1) is 5.69 Å². The Labute approximate surface area is 120 Å². The van der Waals surface area contributed by atoms with E-state index in [0.29, 0.717) is 6.54 Å². The van der Waals surface area contributed by atoms with Crippen molar-refractivity contribution in [2.45, 2.75) is 11.4 Å². The van der Waals surface area contributed by atoms with Crippen molar-refractivity contribution in [1.29, 1.82) is 0 Å². The van der Waals surface area contributed by atoms with Crippen LogP contribution in [0.3, 0.4) is 0 Å². The molecule has 0 saturated carbocycles. The third-order valence-corrected chi connectivity index (χ3v) is 5.31. The molecule has 2 aromatic rings. The molecule has 1 aromatic heterocycles. The second-order valence-electron chi connectivity index (χ2n) is 4.27. The van der Waals surface area contributed by atoms with E-state index in [1.54, 1.807) is 12.1 Å². The summed E-state index contributed by atoms with van der Waals surface area (Å²) in [5.74, 6) is 0. The lowest BCUT2D eigenvalue weighted by atomic mass is 10.2. The lowest BCUT2D eigenvalue weighted by Crippen LogP contribution is -2.29. The van der Waals surface area contributed by atoms with Gasteiger partial charge in [-0.3, -0.25) is 4.31 Å². The zero-order valence-electron chi connectivity index (χ0n) is 9.95. The van der Waals surface area contributed by atoms with Gasteiger partial charge in [-0.25, -0.2) is 4.98 Å². The van der Waals surface area contributed by atoms with Crippen LogP contribution in [0.5, 0.6) is 0 Å². The molecule has 3 rings (SSSR count). The SMILES string of the molecule is O=S(=O)(c1ccccn1)N1CCc2cc(Br)ccc21. The molecule has 19 heavy (non-hydrogen) atoms. The van der Waals surface area contributed by atoms with Gasteiger partial charge in [0.15, 0.2) is 5.03 Å². The Kier molecular flexibility index (Phi) is 3.06. The molecule has 0 spiro atoms. The highest BCUT2D eigenvalue weighted by molar-refractivity contribution is 9.10. The first-order valence-electron chi connectivity index (χ1n) is 5.81. The highest BCUT2D eigenvalue weighted by Gasteiger charge is 2.31. The Morgan fingerprint density at radius 2 is 2.05 bits per heavy atom. The minimum Gasteiger partial charge on any atom is -0.264 e. The fourth-order valence-electron chi connectivity index (χ4n) is 2.20. The Bertz CT molecular complexity index is 717. The number of fused-ring (bicyclic) bond motifs is 1. The second kappa shape index (κ2) is 4.61. The van der Waals surface area contributed by atoms with Gasteiger partial charge in [-0.2, -0.15) is 8.42 Å². The molecular weight excluding hydrogens is 328 g/mol. The molecule has 0 aliphatic carbocycles. The highest BCUT2D eigenvalue weighted by Crippen LogP contribution is 2.34. The largest absolute Gasteiger partial charge is 0.281 e. The average Bonchev–Trinajstić information content (AvgIpc) is 2.83. The number of halogens is 1. The van der Waals surface area contributed by atoms with Crippen molar-refractivity contribution in [2.24, 2.45) is 0 Å². The number of sulfonamides is 1. The molecule has 1 aliphatic heterocycles. The number of aromatic nitrogens is 1. The molecule has 2 heterocycles. The Hall–Kier alpha value is -1.40. The van der Waals surface area contributed by atoms with Crippen molar-refractivity contribution < 1.29 is 8.42 Å². The minimum absolute atomic E-state index is 0.0887. The van der Waals surface area contributed by atoms with E-state index in [-0.39, 0.29) is 5.03 Å². The molecule has 6 heteroatoms. The number of hydrogen-bond acceptors (Lipinski definition) is 3. The van der Waals surface area contributed by atoms with Crippen LogP contribution in [0.25, 0.3) is 0 Å². The smallest absolute Gasteiger partial charge is 0.264 e.